The number of carbonyl (C=O) groups excluding carboxylic acids is 1. The molecule has 0 bridgehead atoms. The Morgan fingerprint density at radius 1 is 1.03 bits per heavy atom. The van der Waals surface area contributed by atoms with Gasteiger partial charge in [0.25, 0.3) is 5.91 Å². The summed E-state index contributed by atoms with van der Waals surface area (Å²) in [4.78, 5) is 23.7. The van der Waals surface area contributed by atoms with Crippen molar-refractivity contribution in [3.8, 4) is 0 Å². The number of nitrogens with zero attached hydrogens (tertiary/aromatic N) is 5. The summed E-state index contributed by atoms with van der Waals surface area (Å²) in [5, 5.41) is 24.2. The third-order valence-electron chi connectivity index (χ3n) is 4.99. The van der Waals surface area contributed by atoms with E-state index in [1.165, 1.54) is 17.4 Å². The molecule has 10 heteroatoms. The van der Waals surface area contributed by atoms with Crippen LogP contribution in [-0.2, 0) is 13.1 Å². The van der Waals surface area contributed by atoms with Gasteiger partial charge < -0.3 is 15.4 Å². The topological polar surface area (TPSA) is 108 Å². The smallest absolute Gasteiger partial charge is 0.358 e. The van der Waals surface area contributed by atoms with E-state index in [4.69, 9.17) is 0 Å². The molecule has 3 aromatic heterocycles. The first-order valence-electron chi connectivity index (χ1n) is 9.96. The van der Waals surface area contributed by atoms with Crippen molar-refractivity contribution in [2.24, 2.45) is 0 Å². The summed E-state index contributed by atoms with van der Waals surface area (Å²) in [6, 6.07) is 12.9. The van der Waals surface area contributed by atoms with Gasteiger partial charge in [0, 0.05) is 11.4 Å². The van der Waals surface area contributed by atoms with E-state index in [-0.39, 0.29) is 11.7 Å². The normalized spacial score (nSPS) is 11.0. The molecule has 164 valence electrons. The second-order valence-corrected chi connectivity index (χ2v) is 8.53. The standard InChI is InChI=1S/C22H22N6O3S/c1-14-7-15(2)26(24-14)11-17-5-4-6-19(9-17)23-22(29)20-10-18(13-32-20)12-27-16(3)8-21(25-27)28(30)31/h4-10,13H,11-12H2,1-3H3,(H,23,29). The van der Waals surface area contributed by atoms with Gasteiger partial charge in [0.05, 0.1) is 40.5 Å². The SMILES string of the molecule is Cc1cc(C)n(Cc2cccc(NC(=O)c3cc(Cn4nc([N+](=O)[O-])cc4C)cs3)c2)n1. The maximum Gasteiger partial charge on any atom is 0.390 e. The predicted molar refractivity (Wildman–Crippen MR) is 122 cm³/mol. The van der Waals surface area contributed by atoms with Crippen LogP contribution in [0.1, 0.15) is 37.9 Å². The van der Waals surface area contributed by atoms with Crippen molar-refractivity contribution in [1.29, 1.82) is 0 Å². The molecule has 9 nitrogen and oxygen atoms in total. The molecule has 4 aromatic rings. The molecular weight excluding hydrogens is 428 g/mol. The van der Waals surface area contributed by atoms with Crippen LogP contribution in [0.15, 0.2) is 47.8 Å². The lowest BCUT2D eigenvalue weighted by Gasteiger charge is -2.08. The lowest BCUT2D eigenvalue weighted by Crippen LogP contribution is -2.11. The van der Waals surface area contributed by atoms with E-state index in [0.29, 0.717) is 29.3 Å². The quantitative estimate of drug-likeness (QED) is 0.333. The highest BCUT2D eigenvalue weighted by atomic mass is 32.1. The van der Waals surface area contributed by atoms with Crippen LogP contribution in [0.5, 0.6) is 0 Å². The summed E-state index contributed by atoms with van der Waals surface area (Å²) in [6.45, 7) is 6.73. The monoisotopic (exact) mass is 450 g/mol. The number of anilines is 1. The van der Waals surface area contributed by atoms with Gasteiger partial charge in [0.2, 0.25) is 0 Å². The van der Waals surface area contributed by atoms with Gasteiger partial charge in [-0.3, -0.25) is 9.48 Å². The molecule has 4 rings (SSSR count). The summed E-state index contributed by atoms with van der Waals surface area (Å²) in [7, 11) is 0. The Morgan fingerprint density at radius 3 is 2.44 bits per heavy atom. The summed E-state index contributed by atoms with van der Waals surface area (Å²) in [5.74, 6) is -0.385. The van der Waals surface area contributed by atoms with Gasteiger partial charge in [0.15, 0.2) is 0 Å². The number of aryl methyl sites for hydroxylation is 3. The van der Waals surface area contributed by atoms with E-state index in [1.54, 1.807) is 17.7 Å². The first-order valence-corrected chi connectivity index (χ1v) is 10.8. The molecular formula is C22H22N6O3S. The molecule has 0 spiro atoms. The van der Waals surface area contributed by atoms with Crippen LogP contribution in [0.3, 0.4) is 0 Å². The van der Waals surface area contributed by atoms with Crippen molar-refractivity contribution in [2.45, 2.75) is 33.9 Å². The van der Waals surface area contributed by atoms with E-state index in [0.717, 1.165) is 22.5 Å². The first-order chi connectivity index (χ1) is 15.3. The van der Waals surface area contributed by atoms with Gasteiger partial charge >= 0.3 is 5.82 Å². The van der Waals surface area contributed by atoms with Crippen molar-refractivity contribution >= 4 is 28.7 Å². The molecule has 0 saturated carbocycles. The largest absolute Gasteiger partial charge is 0.390 e. The van der Waals surface area contributed by atoms with Gasteiger partial charge in [-0.05, 0) is 66.5 Å². The molecule has 32 heavy (non-hydrogen) atoms. The Balaban J connectivity index is 1.43. The van der Waals surface area contributed by atoms with E-state index in [9.17, 15) is 14.9 Å². The Hall–Kier alpha value is -3.79. The maximum atomic E-state index is 12.7. The van der Waals surface area contributed by atoms with Crippen molar-refractivity contribution in [3.05, 3.63) is 91.0 Å². The number of rotatable bonds is 7. The Kier molecular flexibility index (Phi) is 5.87. The number of nitrogens with one attached hydrogen (secondary N) is 1. The highest BCUT2D eigenvalue weighted by molar-refractivity contribution is 7.12. The third kappa shape index (κ3) is 4.75. The number of benzene rings is 1. The summed E-state index contributed by atoms with van der Waals surface area (Å²) in [5.41, 5.74) is 5.35. The van der Waals surface area contributed by atoms with Crippen LogP contribution >= 0.6 is 11.3 Å². The highest BCUT2D eigenvalue weighted by Crippen LogP contribution is 2.20. The molecule has 1 aromatic carbocycles. The molecule has 3 heterocycles. The molecule has 0 saturated heterocycles. The number of hydrogen-bond acceptors (Lipinski definition) is 6. The molecule has 0 radical (unpaired) electrons. The average molecular weight is 451 g/mol. The van der Waals surface area contributed by atoms with E-state index >= 15 is 0 Å². The zero-order valence-corrected chi connectivity index (χ0v) is 18.7. The maximum absolute atomic E-state index is 12.7. The fourth-order valence-corrected chi connectivity index (χ4v) is 4.24. The van der Waals surface area contributed by atoms with E-state index in [1.807, 2.05) is 54.2 Å². The fraction of sp³-hybridized carbons (Fsp3) is 0.227. The fourth-order valence-electron chi connectivity index (χ4n) is 3.44. The number of nitro groups is 1. The van der Waals surface area contributed by atoms with Crippen LogP contribution in [0, 0.1) is 30.9 Å². The van der Waals surface area contributed by atoms with Gasteiger partial charge in [-0.1, -0.05) is 12.1 Å². The minimum atomic E-state index is -0.515. The third-order valence-corrected chi connectivity index (χ3v) is 5.96. The minimum Gasteiger partial charge on any atom is -0.358 e. The molecule has 0 fully saturated rings. The highest BCUT2D eigenvalue weighted by Gasteiger charge is 2.17. The molecule has 0 aliphatic carbocycles. The predicted octanol–water partition coefficient (Wildman–Crippen LogP) is 4.32. The molecule has 0 atom stereocenters. The summed E-state index contributed by atoms with van der Waals surface area (Å²) < 4.78 is 3.49. The summed E-state index contributed by atoms with van der Waals surface area (Å²) >= 11 is 1.33. The zero-order chi connectivity index (χ0) is 22.8. The second kappa shape index (κ2) is 8.75. The van der Waals surface area contributed by atoms with Crippen LogP contribution < -0.4 is 5.32 Å². The molecule has 0 aliphatic heterocycles. The molecule has 0 aliphatic rings. The Bertz CT molecular complexity index is 1300. The number of amides is 1. The number of carbonyl (C=O) groups is 1. The van der Waals surface area contributed by atoms with Crippen molar-refractivity contribution in [2.75, 3.05) is 5.32 Å². The lowest BCUT2D eigenvalue weighted by atomic mass is 10.2. The first kappa shape index (κ1) is 21.4. The van der Waals surface area contributed by atoms with E-state index < -0.39 is 4.92 Å². The van der Waals surface area contributed by atoms with Crippen molar-refractivity contribution in [3.63, 3.8) is 0 Å². The number of hydrogen-bond donors (Lipinski definition) is 1. The van der Waals surface area contributed by atoms with Crippen LogP contribution in [0.4, 0.5) is 11.5 Å². The van der Waals surface area contributed by atoms with Gasteiger partial charge in [-0.2, -0.15) is 9.78 Å². The molecule has 1 N–H and O–H groups in total. The lowest BCUT2D eigenvalue weighted by molar-refractivity contribution is -0.389. The minimum absolute atomic E-state index is 0.184. The molecule has 1 amide bonds. The molecule has 0 unspecified atom stereocenters. The average Bonchev–Trinajstić information content (AvgIpc) is 3.43. The Labute approximate surface area is 188 Å². The van der Waals surface area contributed by atoms with Crippen molar-refractivity contribution in [1.82, 2.24) is 19.6 Å². The van der Waals surface area contributed by atoms with Gasteiger partial charge in [0.1, 0.15) is 0 Å². The second-order valence-electron chi connectivity index (χ2n) is 7.62. The van der Waals surface area contributed by atoms with Crippen LogP contribution in [0.25, 0.3) is 0 Å². The van der Waals surface area contributed by atoms with E-state index in [2.05, 4.69) is 15.5 Å². The van der Waals surface area contributed by atoms with Crippen LogP contribution in [0.2, 0.25) is 0 Å². The van der Waals surface area contributed by atoms with Gasteiger partial charge in [-0.25, -0.2) is 0 Å². The van der Waals surface area contributed by atoms with Crippen LogP contribution in [-0.4, -0.2) is 30.4 Å². The zero-order valence-electron chi connectivity index (χ0n) is 17.9. The van der Waals surface area contributed by atoms with Crippen molar-refractivity contribution < 1.29 is 9.72 Å². The number of aromatic nitrogens is 4. The Morgan fingerprint density at radius 2 is 1.75 bits per heavy atom. The summed E-state index contributed by atoms with van der Waals surface area (Å²) in [6.07, 6.45) is 0. The number of thiophene rings is 1. The van der Waals surface area contributed by atoms with Gasteiger partial charge in [-0.15, -0.1) is 11.3 Å².